The Balaban J connectivity index is 0.00000169. The summed E-state index contributed by atoms with van der Waals surface area (Å²) in [7, 11) is 0. The number of nitrogens with zero attached hydrogens (tertiary/aromatic N) is 1. The highest BCUT2D eigenvalue weighted by atomic mass is 35.5. The van der Waals surface area contributed by atoms with Gasteiger partial charge in [0.05, 0.1) is 5.02 Å². The molecule has 26 heavy (non-hydrogen) atoms. The van der Waals surface area contributed by atoms with Crippen LogP contribution in [-0.2, 0) is 4.79 Å². The summed E-state index contributed by atoms with van der Waals surface area (Å²) in [5.74, 6) is 1.27. The molecule has 0 spiro atoms. The monoisotopic (exact) mass is 437 g/mol. The van der Waals surface area contributed by atoms with Crippen molar-refractivity contribution >= 4 is 59.6 Å². The number of pyridine rings is 1. The first-order chi connectivity index (χ1) is 11.5. The Bertz CT molecular complexity index is 739. The Labute approximate surface area is 174 Å². The van der Waals surface area contributed by atoms with Crippen molar-refractivity contribution < 1.29 is 9.53 Å². The van der Waals surface area contributed by atoms with Crippen LogP contribution < -0.4 is 15.4 Å². The molecule has 1 saturated heterocycles. The van der Waals surface area contributed by atoms with Gasteiger partial charge in [-0.05, 0) is 49.3 Å². The van der Waals surface area contributed by atoms with Crippen molar-refractivity contribution in [3.8, 4) is 11.6 Å². The lowest BCUT2D eigenvalue weighted by atomic mass is 9.88. The molecule has 2 heterocycles. The maximum Gasteiger partial charge on any atom is 0.238 e. The predicted octanol–water partition coefficient (Wildman–Crippen LogP) is 4.82. The van der Waals surface area contributed by atoms with Gasteiger partial charge in [-0.1, -0.05) is 30.1 Å². The first-order valence-electron chi connectivity index (χ1n) is 7.63. The smallest absolute Gasteiger partial charge is 0.238 e. The zero-order chi connectivity index (χ0) is 17.1. The van der Waals surface area contributed by atoms with E-state index in [2.05, 4.69) is 15.6 Å². The van der Waals surface area contributed by atoms with E-state index in [1.807, 2.05) is 6.92 Å². The van der Waals surface area contributed by atoms with Gasteiger partial charge in [-0.3, -0.25) is 4.79 Å². The van der Waals surface area contributed by atoms with Gasteiger partial charge in [-0.25, -0.2) is 4.98 Å². The summed E-state index contributed by atoms with van der Waals surface area (Å²) in [6.45, 7) is 3.75. The minimum Gasteiger partial charge on any atom is -0.438 e. The van der Waals surface area contributed by atoms with Crippen molar-refractivity contribution in [2.75, 3.05) is 18.4 Å². The quantitative estimate of drug-likeness (QED) is 0.702. The minimum atomic E-state index is -0.0146. The number of carbonyl (C=O) groups excluding carboxylic acids is 1. The SMILES string of the molecule is CC(C(=O)Nc1ccc(Oc2ncc(Cl)cc2Cl)cc1)C1CNC1.Cl.Cl. The van der Waals surface area contributed by atoms with Gasteiger partial charge < -0.3 is 15.4 Å². The second kappa shape index (κ2) is 10.2. The van der Waals surface area contributed by atoms with E-state index in [-0.39, 0.29) is 42.5 Å². The van der Waals surface area contributed by atoms with Gasteiger partial charge in [0, 0.05) is 17.8 Å². The lowest BCUT2D eigenvalue weighted by Gasteiger charge is -2.31. The van der Waals surface area contributed by atoms with Crippen LogP contribution in [0, 0.1) is 11.8 Å². The van der Waals surface area contributed by atoms with Crippen molar-refractivity contribution in [3.05, 3.63) is 46.6 Å². The van der Waals surface area contributed by atoms with E-state index in [1.165, 1.54) is 6.20 Å². The van der Waals surface area contributed by atoms with Crippen LogP contribution in [-0.4, -0.2) is 24.0 Å². The molecule has 1 aliphatic heterocycles. The van der Waals surface area contributed by atoms with Gasteiger partial charge in [0.1, 0.15) is 10.8 Å². The number of benzene rings is 1. The lowest BCUT2D eigenvalue weighted by molar-refractivity contribution is -0.121. The molecule has 3 rings (SSSR count). The number of nitrogens with one attached hydrogen (secondary N) is 2. The first-order valence-corrected chi connectivity index (χ1v) is 8.39. The summed E-state index contributed by atoms with van der Waals surface area (Å²) in [6, 6.07) is 8.62. The number of halogens is 4. The standard InChI is InChI=1S/C17H17Cl2N3O2.2ClH/c1-10(11-7-20-8-11)16(23)22-13-2-4-14(5-3-13)24-17-15(19)6-12(18)9-21-17;;/h2-6,9-11,20H,7-8H2,1H3,(H,22,23);2*1H. The maximum atomic E-state index is 12.2. The molecule has 1 aliphatic rings. The highest BCUT2D eigenvalue weighted by molar-refractivity contribution is 6.35. The molecule has 1 aromatic heterocycles. The number of ether oxygens (including phenoxy) is 1. The Kier molecular flexibility index (Phi) is 8.93. The fourth-order valence-corrected chi connectivity index (χ4v) is 2.75. The number of carbonyl (C=O) groups is 1. The molecule has 0 aliphatic carbocycles. The van der Waals surface area contributed by atoms with Crippen LogP contribution in [0.5, 0.6) is 11.6 Å². The summed E-state index contributed by atoms with van der Waals surface area (Å²) >= 11 is 11.8. The summed E-state index contributed by atoms with van der Waals surface area (Å²) in [5.41, 5.74) is 0.724. The van der Waals surface area contributed by atoms with Gasteiger partial charge in [-0.15, -0.1) is 24.8 Å². The average molecular weight is 439 g/mol. The van der Waals surface area contributed by atoms with Crippen molar-refractivity contribution in [3.63, 3.8) is 0 Å². The van der Waals surface area contributed by atoms with E-state index in [4.69, 9.17) is 27.9 Å². The minimum absolute atomic E-state index is 0. The van der Waals surface area contributed by atoms with Gasteiger partial charge in [0.15, 0.2) is 0 Å². The molecule has 1 atom stereocenters. The van der Waals surface area contributed by atoms with E-state index in [9.17, 15) is 4.79 Å². The van der Waals surface area contributed by atoms with E-state index >= 15 is 0 Å². The van der Waals surface area contributed by atoms with Crippen LogP contribution in [0.15, 0.2) is 36.5 Å². The fraction of sp³-hybridized carbons (Fsp3) is 0.294. The second-order valence-electron chi connectivity index (χ2n) is 5.76. The van der Waals surface area contributed by atoms with Crippen LogP contribution in [0.25, 0.3) is 0 Å². The maximum absolute atomic E-state index is 12.2. The molecule has 9 heteroatoms. The van der Waals surface area contributed by atoms with Crippen LogP contribution in [0.2, 0.25) is 10.0 Å². The van der Waals surface area contributed by atoms with Crippen molar-refractivity contribution in [2.45, 2.75) is 6.92 Å². The van der Waals surface area contributed by atoms with Gasteiger partial charge in [0.25, 0.3) is 0 Å². The number of aromatic nitrogens is 1. The van der Waals surface area contributed by atoms with Gasteiger partial charge in [-0.2, -0.15) is 0 Å². The van der Waals surface area contributed by atoms with E-state index < -0.39 is 0 Å². The van der Waals surface area contributed by atoms with Crippen LogP contribution in [0.4, 0.5) is 5.69 Å². The molecule has 1 amide bonds. The van der Waals surface area contributed by atoms with Crippen LogP contribution in [0.1, 0.15) is 6.92 Å². The highest BCUT2D eigenvalue weighted by Gasteiger charge is 2.28. The van der Waals surface area contributed by atoms with E-state index in [0.29, 0.717) is 21.7 Å². The Morgan fingerprint density at radius 3 is 2.46 bits per heavy atom. The third kappa shape index (κ3) is 5.63. The molecule has 142 valence electrons. The fourth-order valence-electron chi connectivity index (χ4n) is 2.33. The highest BCUT2D eigenvalue weighted by Crippen LogP contribution is 2.29. The normalized spacial score (nSPS) is 14.3. The van der Waals surface area contributed by atoms with E-state index in [0.717, 1.165) is 18.8 Å². The first kappa shape index (κ1) is 22.8. The third-order valence-corrected chi connectivity index (χ3v) is 4.52. The van der Waals surface area contributed by atoms with Gasteiger partial charge in [0.2, 0.25) is 11.8 Å². The molecule has 1 aromatic carbocycles. The van der Waals surface area contributed by atoms with Crippen molar-refractivity contribution in [1.82, 2.24) is 10.3 Å². The number of hydrogen-bond acceptors (Lipinski definition) is 4. The third-order valence-electron chi connectivity index (χ3n) is 4.04. The molecule has 5 nitrogen and oxygen atoms in total. The topological polar surface area (TPSA) is 63.2 Å². The Morgan fingerprint density at radius 1 is 1.27 bits per heavy atom. The largest absolute Gasteiger partial charge is 0.438 e. The Morgan fingerprint density at radius 2 is 1.92 bits per heavy atom. The molecule has 1 fully saturated rings. The summed E-state index contributed by atoms with van der Waals surface area (Å²) in [4.78, 5) is 16.2. The molecular formula is C17H19Cl4N3O2. The van der Waals surface area contributed by atoms with Crippen LogP contribution >= 0.6 is 48.0 Å². The molecule has 0 radical (unpaired) electrons. The summed E-state index contributed by atoms with van der Waals surface area (Å²) < 4.78 is 5.61. The van der Waals surface area contributed by atoms with E-state index in [1.54, 1.807) is 30.3 Å². The molecule has 1 unspecified atom stereocenters. The zero-order valence-electron chi connectivity index (χ0n) is 13.9. The molecule has 0 saturated carbocycles. The predicted molar refractivity (Wildman–Crippen MR) is 109 cm³/mol. The average Bonchev–Trinajstić information content (AvgIpc) is 2.50. The second-order valence-corrected chi connectivity index (χ2v) is 6.61. The van der Waals surface area contributed by atoms with Gasteiger partial charge >= 0.3 is 0 Å². The summed E-state index contributed by atoms with van der Waals surface area (Å²) in [6.07, 6.45) is 1.47. The molecule has 2 N–H and O–H groups in total. The molecule has 2 aromatic rings. The van der Waals surface area contributed by atoms with Crippen molar-refractivity contribution in [2.24, 2.45) is 11.8 Å². The number of anilines is 1. The number of hydrogen-bond donors (Lipinski definition) is 2. The van der Waals surface area contributed by atoms with Crippen molar-refractivity contribution in [1.29, 1.82) is 0 Å². The lowest BCUT2D eigenvalue weighted by Crippen LogP contribution is -2.48. The molecular weight excluding hydrogens is 420 g/mol. The van der Waals surface area contributed by atoms with Crippen LogP contribution in [0.3, 0.4) is 0 Å². The zero-order valence-corrected chi connectivity index (χ0v) is 17.0. The summed E-state index contributed by atoms with van der Waals surface area (Å²) in [5, 5.41) is 6.88. The Hall–Kier alpha value is -1.24. The number of rotatable bonds is 5. The molecule has 0 bridgehead atoms. The number of amides is 1.